The highest BCUT2D eigenvalue weighted by atomic mass is 32.2. The lowest BCUT2D eigenvalue weighted by molar-refractivity contribution is 0.123. The first-order valence-corrected chi connectivity index (χ1v) is 17.3. The van der Waals surface area contributed by atoms with Crippen molar-refractivity contribution < 1.29 is 18.7 Å². The number of fused-ring (bicyclic) bond motifs is 5. The van der Waals surface area contributed by atoms with Crippen molar-refractivity contribution in [3.8, 4) is 17.2 Å². The predicted octanol–water partition coefficient (Wildman–Crippen LogP) is 7.56. The van der Waals surface area contributed by atoms with Gasteiger partial charge in [-0.1, -0.05) is 24.3 Å². The predicted molar refractivity (Wildman–Crippen MR) is 184 cm³/mol. The Kier molecular flexibility index (Phi) is 7.41. The molecule has 1 saturated carbocycles. The fourth-order valence-corrected chi connectivity index (χ4v) is 8.64. The molecule has 3 aliphatic rings. The van der Waals surface area contributed by atoms with Crippen LogP contribution in [0.25, 0.3) is 43.7 Å². The average molecular weight is 677 g/mol. The summed E-state index contributed by atoms with van der Waals surface area (Å²) in [7, 11) is 0. The molecule has 0 radical (unpaired) electrons. The van der Waals surface area contributed by atoms with Gasteiger partial charge in [0.1, 0.15) is 16.4 Å². The molecule has 0 spiro atoms. The highest BCUT2D eigenvalue weighted by Crippen LogP contribution is 2.53. The fraction of sp³-hybridized carbons (Fsp3) is 0.270. The fourth-order valence-electron chi connectivity index (χ4n) is 8.08. The van der Waals surface area contributed by atoms with Gasteiger partial charge in [0.25, 0.3) is 5.56 Å². The Morgan fingerprint density at radius 3 is 2.73 bits per heavy atom. The Morgan fingerprint density at radius 1 is 1.16 bits per heavy atom. The summed E-state index contributed by atoms with van der Waals surface area (Å²) in [6.45, 7) is 2.29. The Balaban J connectivity index is 1.47. The molecule has 1 N–H and O–H groups in total. The Labute approximate surface area is 283 Å². The van der Waals surface area contributed by atoms with E-state index in [1.54, 1.807) is 35.2 Å². The largest absolute Gasteiger partial charge is 0.465 e. The van der Waals surface area contributed by atoms with Crippen LogP contribution in [0.2, 0.25) is 0 Å². The van der Waals surface area contributed by atoms with E-state index in [9.17, 15) is 24.3 Å². The molecule has 3 aromatic carbocycles. The van der Waals surface area contributed by atoms with E-state index in [4.69, 9.17) is 4.98 Å². The maximum atomic E-state index is 17.4. The van der Waals surface area contributed by atoms with Crippen molar-refractivity contribution >= 4 is 50.4 Å². The van der Waals surface area contributed by atoms with Gasteiger partial charge in [-0.2, -0.15) is 5.26 Å². The summed E-state index contributed by atoms with van der Waals surface area (Å²) in [5, 5.41) is 22.8. The molecule has 12 heteroatoms. The van der Waals surface area contributed by atoms with Gasteiger partial charge in [0.05, 0.1) is 35.9 Å². The molecule has 9 rings (SSSR count). The van der Waals surface area contributed by atoms with Crippen molar-refractivity contribution in [2.24, 2.45) is 5.92 Å². The highest BCUT2D eigenvalue weighted by Gasteiger charge is 2.55. The van der Waals surface area contributed by atoms with Gasteiger partial charge >= 0.3 is 6.09 Å². The quantitative estimate of drug-likeness (QED) is 0.174. The van der Waals surface area contributed by atoms with Crippen molar-refractivity contribution in [2.45, 2.75) is 49.3 Å². The smallest absolute Gasteiger partial charge is 0.407 e. The van der Waals surface area contributed by atoms with Gasteiger partial charge in [0.2, 0.25) is 0 Å². The van der Waals surface area contributed by atoms with Crippen LogP contribution >= 0.6 is 11.8 Å². The molecular formula is C37H30F2N6O3S. The molecule has 246 valence electrons. The zero-order chi connectivity index (χ0) is 34.1. The van der Waals surface area contributed by atoms with E-state index in [-0.39, 0.29) is 47.5 Å². The maximum absolute atomic E-state index is 17.4. The van der Waals surface area contributed by atoms with Crippen molar-refractivity contribution in [2.75, 3.05) is 12.8 Å². The van der Waals surface area contributed by atoms with Gasteiger partial charge in [0.15, 0.2) is 5.82 Å². The second-order valence-electron chi connectivity index (χ2n) is 12.8. The van der Waals surface area contributed by atoms with Crippen LogP contribution in [0.15, 0.2) is 76.9 Å². The average Bonchev–Trinajstić information content (AvgIpc) is 3.81. The standard InChI is InChI=1S/C37H30F2N6O3S/c1-19(43-12-11-41-17-30(43)46)28-16-27-35(45(28)34-22-14-29(34)44(18-22)37(47)48)26-13-21(6-4-10-40)31(32(39)33(26)42-36(27)49-2)24-7-3-5-20-8-9-23(38)15-25(20)24/h3,5,7-9,11-13,15-17,19,22,29,34H,4,6,14,18H2,1-2H3,(H,47,48)/t19?,22-,29-,34+/m1/s1. The van der Waals surface area contributed by atoms with Crippen molar-refractivity contribution in [1.29, 1.82) is 5.26 Å². The number of aromatic nitrogens is 4. The molecule has 1 unspecified atom stereocenters. The Morgan fingerprint density at radius 2 is 2.00 bits per heavy atom. The molecule has 3 aromatic heterocycles. The summed E-state index contributed by atoms with van der Waals surface area (Å²) >= 11 is 1.37. The van der Waals surface area contributed by atoms with Crippen LogP contribution in [0.4, 0.5) is 13.6 Å². The number of pyridine rings is 1. The van der Waals surface area contributed by atoms with Gasteiger partial charge in [-0.15, -0.1) is 11.8 Å². The summed E-state index contributed by atoms with van der Waals surface area (Å²) < 4.78 is 35.6. The second kappa shape index (κ2) is 11.7. The number of aryl methyl sites for hydroxylation is 1. The van der Waals surface area contributed by atoms with Crippen molar-refractivity contribution in [3.63, 3.8) is 0 Å². The third-order valence-electron chi connectivity index (χ3n) is 10.3. The van der Waals surface area contributed by atoms with Gasteiger partial charge in [-0.3, -0.25) is 9.78 Å². The molecule has 1 amide bonds. The number of benzene rings is 3. The van der Waals surface area contributed by atoms with Gasteiger partial charge < -0.3 is 19.1 Å². The van der Waals surface area contributed by atoms with Crippen LogP contribution in [0.5, 0.6) is 0 Å². The Hall–Kier alpha value is -5.28. The van der Waals surface area contributed by atoms with Gasteiger partial charge in [-0.25, -0.2) is 18.6 Å². The normalized spacial score (nSPS) is 19.0. The minimum atomic E-state index is -0.983. The van der Waals surface area contributed by atoms with E-state index >= 15 is 4.39 Å². The van der Waals surface area contributed by atoms with Crippen molar-refractivity contribution in [3.05, 3.63) is 100 Å². The molecule has 4 atom stereocenters. The lowest BCUT2D eigenvalue weighted by Gasteiger charge is -2.39. The summed E-state index contributed by atoms with van der Waals surface area (Å²) in [5.74, 6) is -0.982. The summed E-state index contributed by atoms with van der Waals surface area (Å²) in [5.41, 5.74) is 2.68. The first-order valence-electron chi connectivity index (χ1n) is 16.0. The molecule has 2 bridgehead atoms. The van der Waals surface area contributed by atoms with Crippen LogP contribution in [-0.2, 0) is 6.42 Å². The number of hydrogen-bond acceptors (Lipinski definition) is 6. The minimum absolute atomic E-state index is 0.0329. The topological polar surface area (TPSA) is 117 Å². The van der Waals surface area contributed by atoms with E-state index in [1.807, 2.05) is 31.4 Å². The van der Waals surface area contributed by atoms with Crippen LogP contribution in [0.3, 0.4) is 0 Å². The number of amides is 1. The van der Waals surface area contributed by atoms with Crippen LogP contribution < -0.4 is 5.56 Å². The minimum Gasteiger partial charge on any atom is -0.465 e. The zero-order valence-electron chi connectivity index (χ0n) is 26.6. The first kappa shape index (κ1) is 31.0. The number of hydrogen-bond donors (Lipinski definition) is 1. The lowest BCUT2D eigenvalue weighted by atomic mass is 9.79. The first-order chi connectivity index (χ1) is 23.7. The van der Waals surface area contributed by atoms with Gasteiger partial charge in [0, 0.05) is 53.3 Å². The van der Waals surface area contributed by atoms with E-state index in [0.29, 0.717) is 45.4 Å². The van der Waals surface area contributed by atoms with E-state index in [1.165, 1.54) is 35.0 Å². The third-order valence-corrected chi connectivity index (χ3v) is 11.0. The number of carboxylic acid groups (broad SMARTS) is 1. The zero-order valence-corrected chi connectivity index (χ0v) is 27.4. The number of rotatable bonds is 7. The van der Waals surface area contributed by atoms with E-state index in [2.05, 4.69) is 15.6 Å². The molecular weight excluding hydrogens is 647 g/mol. The van der Waals surface area contributed by atoms with E-state index < -0.39 is 23.8 Å². The Bertz CT molecular complexity index is 2450. The van der Waals surface area contributed by atoms with E-state index in [0.717, 1.165) is 16.5 Å². The maximum Gasteiger partial charge on any atom is 0.407 e. The van der Waals surface area contributed by atoms with Crippen LogP contribution in [-0.4, -0.2) is 54.0 Å². The summed E-state index contributed by atoms with van der Waals surface area (Å²) in [6.07, 6.45) is 6.40. The number of carbonyl (C=O) groups is 1. The number of halogens is 2. The molecule has 3 fully saturated rings. The molecule has 2 saturated heterocycles. The van der Waals surface area contributed by atoms with Crippen molar-refractivity contribution in [1.82, 2.24) is 24.0 Å². The van der Waals surface area contributed by atoms with Crippen LogP contribution in [0.1, 0.15) is 43.1 Å². The molecule has 1 aliphatic carbocycles. The number of nitrogens with zero attached hydrogens (tertiary/aromatic N) is 6. The number of nitriles is 1. The monoisotopic (exact) mass is 676 g/mol. The molecule has 5 heterocycles. The molecule has 49 heavy (non-hydrogen) atoms. The van der Waals surface area contributed by atoms with Gasteiger partial charge in [-0.05, 0) is 72.2 Å². The molecule has 9 nitrogen and oxygen atoms in total. The summed E-state index contributed by atoms with van der Waals surface area (Å²) in [6, 6.07) is 14.9. The second-order valence-corrected chi connectivity index (χ2v) is 13.6. The molecule has 6 aromatic rings. The number of thioether (sulfide) groups is 1. The van der Waals surface area contributed by atoms with Crippen LogP contribution in [0, 0.1) is 28.9 Å². The SMILES string of the molecule is CSc1nc2c(F)c(-c3cccc4ccc(F)cc34)c(CCC#N)cc2c2c1cc(C(C)n1ccncc1=O)n2[C@H]1[C@@H]2C[C@H]1N(C(=O)O)C2. The highest BCUT2D eigenvalue weighted by molar-refractivity contribution is 7.98. The molecule has 2 aliphatic heterocycles. The third kappa shape index (κ3) is 4.70. The summed E-state index contributed by atoms with van der Waals surface area (Å²) in [4.78, 5) is 35.6. The lowest BCUT2D eigenvalue weighted by Crippen LogP contribution is -2.43.